The fourth-order valence-corrected chi connectivity index (χ4v) is 2.76. The molecule has 1 atom stereocenters. The van der Waals surface area contributed by atoms with Crippen LogP contribution in [0.3, 0.4) is 0 Å². The van der Waals surface area contributed by atoms with Crippen molar-refractivity contribution in [3.63, 3.8) is 0 Å². The first kappa shape index (κ1) is 17.8. The number of benzene rings is 1. The van der Waals surface area contributed by atoms with Crippen molar-refractivity contribution in [3.8, 4) is 0 Å². The van der Waals surface area contributed by atoms with Gasteiger partial charge in [0.2, 0.25) is 0 Å². The number of allylic oxidation sites excluding steroid dienone is 1. The van der Waals surface area contributed by atoms with E-state index >= 15 is 0 Å². The third kappa shape index (κ3) is 7.96. The lowest BCUT2D eigenvalue weighted by atomic mass is 9.98. The minimum absolute atomic E-state index is 0.00382. The molecule has 0 spiro atoms. The zero-order chi connectivity index (χ0) is 15.3. The Labute approximate surface area is 133 Å². The molecular weight excluding hydrogens is 280 g/mol. The van der Waals surface area contributed by atoms with Gasteiger partial charge in [0.05, 0.1) is 12.5 Å². The highest BCUT2D eigenvalue weighted by Gasteiger charge is 2.17. The van der Waals surface area contributed by atoms with E-state index in [0.717, 1.165) is 19.3 Å². The molecule has 0 saturated carbocycles. The second kappa shape index (κ2) is 11.4. The second-order valence-electron chi connectivity index (χ2n) is 4.98. The third-order valence-corrected chi connectivity index (χ3v) is 4.11. The summed E-state index contributed by atoms with van der Waals surface area (Å²) in [5.74, 6) is -0.0490. The van der Waals surface area contributed by atoms with E-state index in [2.05, 4.69) is 30.5 Å². The highest BCUT2D eigenvalue weighted by molar-refractivity contribution is 8.02. The lowest BCUT2D eigenvalue weighted by Crippen LogP contribution is -2.17. The Kier molecular flexibility index (Phi) is 9.71. The molecule has 0 aliphatic rings. The van der Waals surface area contributed by atoms with Crippen LogP contribution in [-0.2, 0) is 9.53 Å². The van der Waals surface area contributed by atoms with Crippen LogP contribution in [0.15, 0.2) is 46.7 Å². The summed E-state index contributed by atoms with van der Waals surface area (Å²) < 4.78 is 5.17. The lowest BCUT2D eigenvalue weighted by molar-refractivity contribution is -0.148. The van der Waals surface area contributed by atoms with Gasteiger partial charge in [0, 0.05) is 4.90 Å². The van der Waals surface area contributed by atoms with Crippen molar-refractivity contribution in [2.45, 2.75) is 50.8 Å². The molecule has 1 unspecified atom stereocenters. The van der Waals surface area contributed by atoms with E-state index in [-0.39, 0.29) is 11.9 Å². The molecule has 0 N–H and O–H groups in total. The molecule has 1 aromatic rings. The molecule has 0 heterocycles. The fourth-order valence-electron chi connectivity index (χ4n) is 2.08. The van der Waals surface area contributed by atoms with Crippen LogP contribution in [0.4, 0.5) is 0 Å². The molecule has 0 aromatic heterocycles. The maximum absolute atomic E-state index is 11.9. The molecule has 0 radical (unpaired) electrons. The zero-order valence-corrected chi connectivity index (χ0v) is 13.9. The number of carbonyl (C=O) groups excluding carboxylic acids is 1. The highest BCUT2D eigenvalue weighted by Crippen LogP contribution is 2.21. The number of esters is 1. The van der Waals surface area contributed by atoms with Gasteiger partial charge in [-0.05, 0) is 37.3 Å². The zero-order valence-electron chi connectivity index (χ0n) is 13.1. The van der Waals surface area contributed by atoms with E-state index in [1.807, 2.05) is 25.1 Å². The van der Waals surface area contributed by atoms with Crippen LogP contribution in [-0.4, -0.2) is 12.6 Å². The predicted octanol–water partition coefficient (Wildman–Crippen LogP) is 5.44. The summed E-state index contributed by atoms with van der Waals surface area (Å²) >= 11 is 1.68. The molecule has 1 rings (SSSR count). The van der Waals surface area contributed by atoms with E-state index in [4.69, 9.17) is 4.74 Å². The van der Waals surface area contributed by atoms with Crippen molar-refractivity contribution in [2.24, 2.45) is 5.92 Å². The summed E-state index contributed by atoms with van der Waals surface area (Å²) in [6, 6.07) is 10.2. The Morgan fingerprint density at radius 2 is 2.00 bits per heavy atom. The monoisotopic (exact) mass is 306 g/mol. The van der Waals surface area contributed by atoms with Gasteiger partial charge < -0.3 is 4.74 Å². The lowest BCUT2D eigenvalue weighted by Gasteiger charge is -2.13. The van der Waals surface area contributed by atoms with Gasteiger partial charge in [-0.1, -0.05) is 62.2 Å². The van der Waals surface area contributed by atoms with Gasteiger partial charge in [-0.3, -0.25) is 4.79 Å². The maximum Gasteiger partial charge on any atom is 0.309 e. The fraction of sp³-hybridized carbons (Fsp3) is 0.500. The Balaban J connectivity index is 2.41. The molecule has 0 bridgehead atoms. The molecule has 0 aliphatic carbocycles. The normalized spacial score (nSPS) is 12.5. The molecular formula is C18H26O2S. The van der Waals surface area contributed by atoms with E-state index in [0.29, 0.717) is 6.61 Å². The van der Waals surface area contributed by atoms with Crippen LogP contribution < -0.4 is 0 Å². The predicted molar refractivity (Wildman–Crippen MR) is 90.3 cm³/mol. The standard InChI is InChI=1S/C18H26O2S/c1-3-5-7-11-16(18(19)20-4-2)12-10-15-21-17-13-8-6-9-14-17/h6,8-10,13-16H,3-5,7,11-12H2,1-2H3. The van der Waals surface area contributed by atoms with Crippen molar-refractivity contribution >= 4 is 17.7 Å². The highest BCUT2D eigenvalue weighted by atomic mass is 32.2. The molecule has 116 valence electrons. The van der Waals surface area contributed by atoms with Gasteiger partial charge in [0.15, 0.2) is 0 Å². The largest absolute Gasteiger partial charge is 0.466 e. The maximum atomic E-state index is 11.9. The first-order chi connectivity index (χ1) is 10.3. The molecule has 0 saturated heterocycles. The number of ether oxygens (including phenoxy) is 1. The van der Waals surface area contributed by atoms with Gasteiger partial charge in [-0.25, -0.2) is 0 Å². The van der Waals surface area contributed by atoms with Crippen molar-refractivity contribution in [3.05, 3.63) is 41.8 Å². The number of carbonyl (C=O) groups is 1. The number of rotatable bonds is 10. The SMILES string of the molecule is CCCCCC(CC=CSc1ccccc1)C(=O)OCC. The first-order valence-electron chi connectivity index (χ1n) is 7.81. The van der Waals surface area contributed by atoms with Gasteiger partial charge >= 0.3 is 5.97 Å². The quantitative estimate of drug-likeness (QED) is 0.327. The Bertz CT molecular complexity index is 414. The minimum atomic E-state index is -0.0528. The summed E-state index contributed by atoms with van der Waals surface area (Å²) in [5, 5.41) is 2.07. The van der Waals surface area contributed by atoms with Gasteiger partial charge in [-0.2, -0.15) is 0 Å². The summed E-state index contributed by atoms with van der Waals surface area (Å²) in [6.07, 6.45) is 7.23. The van der Waals surface area contributed by atoms with E-state index < -0.39 is 0 Å². The minimum Gasteiger partial charge on any atom is -0.466 e. The van der Waals surface area contributed by atoms with Crippen LogP contribution in [0.25, 0.3) is 0 Å². The summed E-state index contributed by atoms with van der Waals surface area (Å²) in [7, 11) is 0. The third-order valence-electron chi connectivity index (χ3n) is 3.24. The molecule has 0 fully saturated rings. The first-order valence-corrected chi connectivity index (χ1v) is 8.69. The van der Waals surface area contributed by atoms with Gasteiger partial charge in [0.1, 0.15) is 0 Å². The van der Waals surface area contributed by atoms with Crippen LogP contribution >= 0.6 is 11.8 Å². The molecule has 3 heteroatoms. The number of hydrogen-bond donors (Lipinski definition) is 0. The smallest absolute Gasteiger partial charge is 0.309 e. The van der Waals surface area contributed by atoms with Crippen molar-refractivity contribution in [1.82, 2.24) is 0 Å². The molecule has 0 amide bonds. The molecule has 21 heavy (non-hydrogen) atoms. The Morgan fingerprint density at radius 3 is 2.67 bits per heavy atom. The van der Waals surface area contributed by atoms with E-state index in [1.54, 1.807) is 11.8 Å². The van der Waals surface area contributed by atoms with E-state index in [1.165, 1.54) is 17.7 Å². The van der Waals surface area contributed by atoms with Gasteiger partial charge in [-0.15, -0.1) is 0 Å². The average molecular weight is 306 g/mol. The summed E-state index contributed by atoms with van der Waals surface area (Å²) in [5.41, 5.74) is 0. The average Bonchev–Trinajstić information content (AvgIpc) is 2.51. The Hall–Kier alpha value is -1.22. The topological polar surface area (TPSA) is 26.3 Å². The summed E-state index contributed by atoms with van der Waals surface area (Å²) in [6.45, 7) is 4.50. The molecule has 2 nitrogen and oxygen atoms in total. The van der Waals surface area contributed by atoms with E-state index in [9.17, 15) is 4.79 Å². The molecule has 1 aromatic carbocycles. The van der Waals surface area contributed by atoms with Crippen LogP contribution in [0.2, 0.25) is 0 Å². The van der Waals surface area contributed by atoms with Crippen molar-refractivity contribution < 1.29 is 9.53 Å². The second-order valence-corrected chi connectivity index (χ2v) is 5.96. The number of unbranched alkanes of at least 4 members (excludes halogenated alkanes) is 2. The van der Waals surface area contributed by atoms with Crippen molar-refractivity contribution in [2.75, 3.05) is 6.61 Å². The van der Waals surface area contributed by atoms with Crippen LogP contribution in [0.1, 0.15) is 46.0 Å². The number of hydrogen-bond acceptors (Lipinski definition) is 3. The van der Waals surface area contributed by atoms with Crippen molar-refractivity contribution in [1.29, 1.82) is 0 Å². The molecule has 0 aliphatic heterocycles. The summed E-state index contributed by atoms with van der Waals surface area (Å²) in [4.78, 5) is 13.2. The Morgan fingerprint density at radius 1 is 1.24 bits per heavy atom. The van der Waals surface area contributed by atoms with Gasteiger partial charge in [0.25, 0.3) is 0 Å². The van der Waals surface area contributed by atoms with Crippen LogP contribution in [0, 0.1) is 5.92 Å². The number of thioether (sulfide) groups is 1. The van der Waals surface area contributed by atoms with Crippen LogP contribution in [0.5, 0.6) is 0 Å².